The van der Waals surface area contributed by atoms with Gasteiger partial charge in [-0.25, -0.2) is 4.39 Å². The summed E-state index contributed by atoms with van der Waals surface area (Å²) in [6, 6.07) is 23.9. The number of carbonyl (C=O) groups is 1. The molecule has 1 atom stereocenters. The topological polar surface area (TPSA) is 32.3 Å². The summed E-state index contributed by atoms with van der Waals surface area (Å²) in [5, 5.41) is 3.43. The zero-order valence-electron chi connectivity index (χ0n) is 14.2. The van der Waals surface area contributed by atoms with Gasteiger partial charge in [0.05, 0.1) is 5.56 Å². The van der Waals surface area contributed by atoms with E-state index in [0.717, 1.165) is 17.7 Å². The van der Waals surface area contributed by atoms with Crippen LogP contribution in [0.1, 0.15) is 27.7 Å². The summed E-state index contributed by atoms with van der Waals surface area (Å²) >= 11 is 0. The van der Waals surface area contributed by atoms with Crippen molar-refractivity contribution in [1.82, 2.24) is 4.90 Å². The normalized spacial score (nSPS) is 16.1. The van der Waals surface area contributed by atoms with Crippen molar-refractivity contribution in [2.45, 2.75) is 12.6 Å². The minimum absolute atomic E-state index is 0.00962. The number of halogens is 1. The monoisotopic (exact) mass is 346 g/mol. The molecule has 3 aromatic rings. The number of amides is 1. The van der Waals surface area contributed by atoms with E-state index in [0.29, 0.717) is 12.1 Å². The molecule has 1 heterocycles. The summed E-state index contributed by atoms with van der Waals surface area (Å²) in [5.41, 5.74) is 3.51. The summed E-state index contributed by atoms with van der Waals surface area (Å²) in [7, 11) is 0. The van der Waals surface area contributed by atoms with Crippen molar-refractivity contribution < 1.29 is 9.18 Å². The van der Waals surface area contributed by atoms with Gasteiger partial charge in [-0.05, 0) is 41.8 Å². The number of fused-ring (bicyclic) bond motifs is 1. The molecule has 4 rings (SSSR count). The first-order valence-electron chi connectivity index (χ1n) is 8.68. The number of hydrogen-bond acceptors (Lipinski definition) is 2. The number of carbonyl (C=O) groups excluding carboxylic acids is 1. The number of rotatable bonds is 4. The maximum Gasteiger partial charge on any atom is 0.257 e. The molecule has 0 saturated heterocycles. The van der Waals surface area contributed by atoms with E-state index < -0.39 is 0 Å². The fourth-order valence-corrected chi connectivity index (χ4v) is 3.33. The highest BCUT2D eigenvalue weighted by molar-refractivity contribution is 6.01. The smallest absolute Gasteiger partial charge is 0.257 e. The zero-order chi connectivity index (χ0) is 17.9. The molecule has 0 aromatic heterocycles. The molecular weight excluding hydrogens is 327 g/mol. The molecule has 0 aliphatic carbocycles. The predicted molar refractivity (Wildman–Crippen MR) is 100 cm³/mol. The van der Waals surface area contributed by atoms with E-state index in [1.165, 1.54) is 17.7 Å². The lowest BCUT2D eigenvalue weighted by atomic mass is 10.0. The van der Waals surface area contributed by atoms with Crippen LogP contribution >= 0.6 is 0 Å². The van der Waals surface area contributed by atoms with E-state index in [1.54, 1.807) is 12.1 Å². The van der Waals surface area contributed by atoms with Crippen LogP contribution in [-0.4, -0.2) is 17.4 Å². The van der Waals surface area contributed by atoms with Gasteiger partial charge in [-0.15, -0.1) is 0 Å². The molecule has 0 saturated carbocycles. The number of hydrogen-bond donors (Lipinski definition) is 1. The number of para-hydroxylation sites is 1. The van der Waals surface area contributed by atoms with Crippen LogP contribution in [0.25, 0.3) is 0 Å². The van der Waals surface area contributed by atoms with E-state index in [2.05, 4.69) is 17.4 Å². The SMILES string of the molecule is O=C1c2ccccc2NC(c2ccc(F)cc2)N1CCc1ccccc1. The molecule has 3 aromatic carbocycles. The maximum atomic E-state index is 13.3. The van der Waals surface area contributed by atoms with Gasteiger partial charge in [-0.2, -0.15) is 0 Å². The highest BCUT2D eigenvalue weighted by Crippen LogP contribution is 2.33. The molecular formula is C22H19FN2O. The minimum atomic E-state index is -0.318. The van der Waals surface area contributed by atoms with Crippen LogP contribution in [0.4, 0.5) is 10.1 Å². The third kappa shape index (κ3) is 3.18. The van der Waals surface area contributed by atoms with Crippen molar-refractivity contribution >= 4 is 11.6 Å². The van der Waals surface area contributed by atoms with Crippen LogP contribution in [0.2, 0.25) is 0 Å². The third-order valence-corrected chi connectivity index (χ3v) is 4.69. The van der Waals surface area contributed by atoms with Gasteiger partial charge in [0.2, 0.25) is 0 Å². The van der Waals surface area contributed by atoms with Crippen molar-refractivity contribution in [3.8, 4) is 0 Å². The van der Waals surface area contributed by atoms with Crippen molar-refractivity contribution in [3.05, 3.63) is 101 Å². The molecule has 0 spiro atoms. The molecule has 3 nitrogen and oxygen atoms in total. The van der Waals surface area contributed by atoms with Crippen LogP contribution in [0, 0.1) is 5.82 Å². The standard InChI is InChI=1S/C22H19FN2O/c23-18-12-10-17(11-13-18)21-24-20-9-5-4-8-19(20)22(26)25(21)15-14-16-6-2-1-3-7-16/h1-13,21,24H,14-15H2. The second-order valence-corrected chi connectivity index (χ2v) is 6.38. The predicted octanol–water partition coefficient (Wildman–Crippen LogP) is 4.63. The largest absolute Gasteiger partial charge is 0.361 e. The molecule has 1 N–H and O–H groups in total. The van der Waals surface area contributed by atoms with Crippen molar-refractivity contribution in [3.63, 3.8) is 0 Å². The van der Waals surface area contributed by atoms with Gasteiger partial charge in [0.25, 0.3) is 5.91 Å². The van der Waals surface area contributed by atoms with Crippen LogP contribution in [0.5, 0.6) is 0 Å². The Balaban J connectivity index is 1.66. The Morgan fingerprint density at radius 2 is 1.58 bits per heavy atom. The lowest BCUT2D eigenvalue weighted by Crippen LogP contribution is -2.44. The van der Waals surface area contributed by atoms with Gasteiger partial charge >= 0.3 is 0 Å². The molecule has 130 valence electrons. The summed E-state index contributed by atoms with van der Waals surface area (Å²) < 4.78 is 13.3. The van der Waals surface area contributed by atoms with Gasteiger partial charge in [-0.3, -0.25) is 4.79 Å². The number of nitrogens with one attached hydrogen (secondary N) is 1. The summed E-state index contributed by atoms with van der Waals surface area (Å²) in [6.45, 7) is 0.576. The lowest BCUT2D eigenvalue weighted by Gasteiger charge is -2.38. The summed E-state index contributed by atoms with van der Waals surface area (Å²) in [6.07, 6.45) is 0.440. The average molecular weight is 346 g/mol. The Hall–Kier alpha value is -3.14. The highest BCUT2D eigenvalue weighted by Gasteiger charge is 2.32. The van der Waals surface area contributed by atoms with E-state index in [-0.39, 0.29) is 17.9 Å². The third-order valence-electron chi connectivity index (χ3n) is 4.69. The van der Waals surface area contributed by atoms with E-state index in [4.69, 9.17) is 0 Å². The average Bonchev–Trinajstić information content (AvgIpc) is 2.69. The minimum Gasteiger partial charge on any atom is -0.361 e. The Labute approximate surface area is 152 Å². The van der Waals surface area contributed by atoms with Gasteiger partial charge in [-0.1, -0.05) is 54.6 Å². The molecule has 26 heavy (non-hydrogen) atoms. The first kappa shape index (κ1) is 16.3. The zero-order valence-corrected chi connectivity index (χ0v) is 14.2. The number of benzene rings is 3. The summed E-state index contributed by atoms with van der Waals surface area (Å²) in [5.74, 6) is -0.295. The molecule has 1 aliphatic heterocycles. The van der Waals surface area contributed by atoms with Crippen LogP contribution in [0.3, 0.4) is 0 Å². The van der Waals surface area contributed by atoms with E-state index >= 15 is 0 Å². The first-order valence-corrected chi connectivity index (χ1v) is 8.68. The van der Waals surface area contributed by atoms with Gasteiger partial charge in [0.15, 0.2) is 0 Å². The molecule has 1 unspecified atom stereocenters. The number of nitrogens with zero attached hydrogens (tertiary/aromatic N) is 1. The van der Waals surface area contributed by atoms with Gasteiger partial charge < -0.3 is 10.2 Å². The molecule has 0 bridgehead atoms. The Kier molecular flexibility index (Phi) is 4.40. The Morgan fingerprint density at radius 3 is 2.35 bits per heavy atom. The van der Waals surface area contributed by atoms with Crippen molar-refractivity contribution in [2.24, 2.45) is 0 Å². The van der Waals surface area contributed by atoms with E-state index in [1.807, 2.05) is 47.4 Å². The van der Waals surface area contributed by atoms with Crippen LogP contribution < -0.4 is 5.32 Å². The first-order chi connectivity index (χ1) is 12.7. The highest BCUT2D eigenvalue weighted by atomic mass is 19.1. The lowest BCUT2D eigenvalue weighted by molar-refractivity contribution is 0.0685. The van der Waals surface area contributed by atoms with Crippen LogP contribution in [-0.2, 0) is 6.42 Å². The Morgan fingerprint density at radius 1 is 0.885 bits per heavy atom. The van der Waals surface area contributed by atoms with Crippen molar-refractivity contribution in [2.75, 3.05) is 11.9 Å². The molecule has 1 amide bonds. The van der Waals surface area contributed by atoms with Gasteiger partial charge in [0, 0.05) is 12.2 Å². The molecule has 1 aliphatic rings. The van der Waals surface area contributed by atoms with Crippen LogP contribution in [0.15, 0.2) is 78.9 Å². The maximum absolute atomic E-state index is 13.3. The number of anilines is 1. The van der Waals surface area contributed by atoms with E-state index in [9.17, 15) is 9.18 Å². The molecule has 0 radical (unpaired) electrons. The summed E-state index contributed by atoms with van der Waals surface area (Å²) in [4.78, 5) is 14.9. The second kappa shape index (κ2) is 7.00. The Bertz CT molecular complexity index is 909. The molecule has 4 heteroatoms. The van der Waals surface area contributed by atoms with Crippen molar-refractivity contribution in [1.29, 1.82) is 0 Å². The second-order valence-electron chi connectivity index (χ2n) is 6.38. The fourth-order valence-electron chi connectivity index (χ4n) is 3.33. The fraction of sp³-hybridized carbons (Fsp3) is 0.136. The quantitative estimate of drug-likeness (QED) is 0.747. The molecule has 0 fully saturated rings. The van der Waals surface area contributed by atoms with Gasteiger partial charge in [0.1, 0.15) is 12.0 Å².